The zero-order valence-corrected chi connectivity index (χ0v) is 22.1. The van der Waals surface area contributed by atoms with E-state index in [1.54, 1.807) is 24.3 Å². The minimum absolute atomic E-state index is 0.00650. The molecular weight excluding hydrogens is 528 g/mol. The number of rotatable bonds is 4. The van der Waals surface area contributed by atoms with Gasteiger partial charge in [-0.25, -0.2) is 4.79 Å². The second-order valence-corrected chi connectivity index (χ2v) is 9.48. The highest BCUT2D eigenvalue weighted by Gasteiger charge is 2.24. The number of ether oxygens (including phenoxy) is 1. The van der Waals surface area contributed by atoms with E-state index in [-0.39, 0.29) is 19.4 Å². The summed E-state index contributed by atoms with van der Waals surface area (Å²) in [6, 6.07) is 21.3. The Morgan fingerprint density at radius 2 is 1.39 bits per heavy atom. The van der Waals surface area contributed by atoms with Crippen LogP contribution in [-0.4, -0.2) is 66.5 Å². The van der Waals surface area contributed by atoms with Crippen molar-refractivity contribution in [1.82, 2.24) is 21.3 Å². The summed E-state index contributed by atoms with van der Waals surface area (Å²) in [5.74, 6) is -3.37. The zero-order chi connectivity index (χ0) is 29.2. The third-order valence-electron chi connectivity index (χ3n) is 6.39. The van der Waals surface area contributed by atoms with Crippen molar-refractivity contribution >= 4 is 29.6 Å². The van der Waals surface area contributed by atoms with Gasteiger partial charge < -0.3 is 31.1 Å². The highest BCUT2D eigenvalue weighted by Crippen LogP contribution is 2.20. The second kappa shape index (κ2) is 13.7. The van der Waals surface area contributed by atoms with Crippen LogP contribution in [-0.2, 0) is 36.8 Å². The topological polar surface area (TPSA) is 163 Å². The molecule has 3 aromatic carbocycles. The number of hydrogen-bond acceptors (Lipinski definition) is 6. The van der Waals surface area contributed by atoms with E-state index in [9.17, 15) is 29.1 Å². The smallest absolute Gasteiger partial charge is 0.326 e. The molecule has 0 spiro atoms. The number of benzene rings is 3. The van der Waals surface area contributed by atoms with Crippen LogP contribution in [0.3, 0.4) is 0 Å². The summed E-state index contributed by atoms with van der Waals surface area (Å²) in [5, 5.41) is 19.5. The molecule has 5 N–H and O–H groups in total. The molecule has 5 rings (SSSR count). The normalized spacial score (nSPS) is 18.8. The summed E-state index contributed by atoms with van der Waals surface area (Å²) in [7, 11) is 0. The number of hydrogen-bond donors (Lipinski definition) is 5. The van der Waals surface area contributed by atoms with Crippen molar-refractivity contribution in [3.63, 3.8) is 0 Å². The zero-order valence-electron chi connectivity index (χ0n) is 22.1. The molecule has 0 unspecified atom stereocenters. The van der Waals surface area contributed by atoms with E-state index in [0.29, 0.717) is 11.3 Å². The molecule has 0 saturated carbocycles. The van der Waals surface area contributed by atoms with Gasteiger partial charge in [0.05, 0.1) is 13.1 Å². The van der Waals surface area contributed by atoms with Crippen LogP contribution in [0.2, 0.25) is 0 Å². The number of amides is 4. The van der Waals surface area contributed by atoms with Gasteiger partial charge in [0.25, 0.3) is 5.91 Å². The standard InChI is InChI=1S/C30H30N4O7/c35-26-16-31-28(37)18-41-23-12-8-20(9-13-23)15-25(30(39)40)34-27(36)17-32-29(38)24(33-26)14-19-6-10-22(11-7-19)21-4-2-1-3-5-21/h1-13,24-25H,14-18H2,(H,31,37)(H,32,38)(H,33,35)(H,34,36)(H,39,40)/t24-,25+/m1/s1. The van der Waals surface area contributed by atoms with Crippen molar-refractivity contribution in [2.45, 2.75) is 24.9 Å². The number of carbonyl (C=O) groups is 5. The molecule has 0 radical (unpaired) electrons. The molecule has 2 heterocycles. The molecule has 2 aliphatic heterocycles. The molecule has 2 bridgehead atoms. The molecular formula is C30H30N4O7. The lowest BCUT2D eigenvalue weighted by Gasteiger charge is -2.20. The molecule has 0 aliphatic carbocycles. The Labute approximate surface area is 236 Å². The summed E-state index contributed by atoms with van der Waals surface area (Å²) in [6.07, 6.45) is 0.102. The van der Waals surface area contributed by atoms with Crippen LogP contribution in [0.5, 0.6) is 5.75 Å². The van der Waals surface area contributed by atoms with Gasteiger partial charge in [0.1, 0.15) is 17.8 Å². The van der Waals surface area contributed by atoms with Crippen LogP contribution in [0.1, 0.15) is 11.1 Å². The predicted octanol–water partition coefficient (Wildman–Crippen LogP) is 0.818. The molecule has 41 heavy (non-hydrogen) atoms. The molecule has 3 aromatic rings. The van der Waals surface area contributed by atoms with Gasteiger partial charge in [-0.3, -0.25) is 19.2 Å². The fraction of sp³-hybridized carbons (Fsp3) is 0.233. The van der Waals surface area contributed by atoms with Gasteiger partial charge in [-0.15, -0.1) is 0 Å². The number of carboxylic acid groups (broad SMARTS) is 1. The van der Waals surface area contributed by atoms with Crippen LogP contribution in [0.25, 0.3) is 11.1 Å². The maximum absolute atomic E-state index is 13.1. The number of fused-ring (bicyclic) bond motifs is 16. The van der Waals surface area contributed by atoms with Crippen LogP contribution in [0.4, 0.5) is 0 Å². The van der Waals surface area contributed by atoms with Gasteiger partial charge in [-0.2, -0.15) is 0 Å². The maximum Gasteiger partial charge on any atom is 0.326 e. The van der Waals surface area contributed by atoms with Gasteiger partial charge in [-0.05, 0) is 34.4 Å². The summed E-state index contributed by atoms with van der Waals surface area (Å²) in [5.41, 5.74) is 3.37. The molecule has 2 atom stereocenters. The van der Waals surface area contributed by atoms with Crippen molar-refractivity contribution in [2.75, 3.05) is 19.7 Å². The van der Waals surface area contributed by atoms with Crippen LogP contribution in [0.15, 0.2) is 78.9 Å². The van der Waals surface area contributed by atoms with E-state index < -0.39 is 54.8 Å². The number of nitrogens with one attached hydrogen (secondary N) is 4. The first kappa shape index (κ1) is 28.8. The Balaban J connectivity index is 1.49. The monoisotopic (exact) mass is 558 g/mol. The van der Waals surface area contributed by atoms with Gasteiger partial charge in [-0.1, -0.05) is 66.7 Å². The first-order valence-corrected chi connectivity index (χ1v) is 13.0. The van der Waals surface area contributed by atoms with E-state index >= 15 is 0 Å². The fourth-order valence-corrected chi connectivity index (χ4v) is 4.23. The third-order valence-corrected chi connectivity index (χ3v) is 6.39. The van der Waals surface area contributed by atoms with E-state index in [0.717, 1.165) is 16.7 Å². The maximum atomic E-state index is 13.1. The minimum atomic E-state index is -1.24. The van der Waals surface area contributed by atoms with Gasteiger partial charge in [0.2, 0.25) is 17.7 Å². The van der Waals surface area contributed by atoms with E-state index in [2.05, 4.69) is 21.3 Å². The minimum Gasteiger partial charge on any atom is -0.484 e. The van der Waals surface area contributed by atoms with Crippen molar-refractivity contribution in [1.29, 1.82) is 0 Å². The van der Waals surface area contributed by atoms with Gasteiger partial charge >= 0.3 is 5.97 Å². The lowest BCUT2D eigenvalue weighted by atomic mass is 10.00. The SMILES string of the molecule is O=C1COc2ccc(cc2)C[C@@H](C(=O)O)NC(=O)CNC(=O)[C@@H](Cc2ccc(-c3ccccc3)cc2)NC(=O)CN1. The molecule has 0 fully saturated rings. The Bertz CT molecular complexity index is 1390. The van der Waals surface area contributed by atoms with Gasteiger partial charge in [0.15, 0.2) is 6.61 Å². The van der Waals surface area contributed by atoms with Crippen LogP contribution in [0, 0.1) is 0 Å². The lowest BCUT2D eigenvalue weighted by molar-refractivity contribution is -0.141. The Morgan fingerprint density at radius 1 is 0.756 bits per heavy atom. The average Bonchev–Trinajstić information content (AvgIpc) is 2.98. The van der Waals surface area contributed by atoms with Crippen molar-refractivity contribution in [3.05, 3.63) is 90.0 Å². The Hall–Kier alpha value is -5.19. The van der Waals surface area contributed by atoms with E-state index in [1.807, 2.05) is 54.6 Å². The summed E-state index contributed by atoms with van der Waals surface area (Å²) < 4.78 is 5.43. The highest BCUT2D eigenvalue weighted by atomic mass is 16.5. The molecule has 0 aromatic heterocycles. The van der Waals surface area contributed by atoms with Crippen LogP contribution >= 0.6 is 0 Å². The average molecular weight is 559 g/mol. The molecule has 212 valence electrons. The fourth-order valence-electron chi connectivity index (χ4n) is 4.23. The molecule has 2 aliphatic rings. The summed E-state index contributed by atoms with van der Waals surface area (Å²) in [6.45, 7) is -1.23. The highest BCUT2D eigenvalue weighted by molar-refractivity contribution is 5.93. The number of carbonyl (C=O) groups excluding carboxylic acids is 4. The number of aliphatic carboxylic acids is 1. The number of carboxylic acids is 1. The Kier molecular flexibility index (Phi) is 9.66. The quantitative estimate of drug-likeness (QED) is 0.296. The first-order valence-electron chi connectivity index (χ1n) is 13.0. The molecule has 4 amide bonds. The lowest BCUT2D eigenvalue weighted by Crippen LogP contribution is -2.53. The van der Waals surface area contributed by atoms with Crippen LogP contribution < -0.4 is 26.0 Å². The van der Waals surface area contributed by atoms with E-state index in [4.69, 9.17) is 4.74 Å². The van der Waals surface area contributed by atoms with Gasteiger partial charge in [0, 0.05) is 12.8 Å². The largest absolute Gasteiger partial charge is 0.484 e. The van der Waals surface area contributed by atoms with Crippen molar-refractivity contribution < 1.29 is 33.8 Å². The summed E-state index contributed by atoms with van der Waals surface area (Å²) >= 11 is 0. The predicted molar refractivity (Wildman–Crippen MR) is 149 cm³/mol. The molecule has 0 saturated heterocycles. The summed E-state index contributed by atoms with van der Waals surface area (Å²) in [4.78, 5) is 62.2. The molecule has 11 heteroatoms. The van der Waals surface area contributed by atoms with Crippen molar-refractivity contribution in [3.8, 4) is 16.9 Å². The molecule has 11 nitrogen and oxygen atoms in total. The van der Waals surface area contributed by atoms with E-state index in [1.165, 1.54) is 0 Å². The van der Waals surface area contributed by atoms with Crippen molar-refractivity contribution in [2.24, 2.45) is 0 Å². The first-order chi connectivity index (χ1) is 19.8. The third kappa shape index (κ3) is 8.65. The second-order valence-electron chi connectivity index (χ2n) is 9.48. The Morgan fingerprint density at radius 3 is 2.07 bits per heavy atom.